The van der Waals surface area contributed by atoms with Gasteiger partial charge in [0.25, 0.3) is 5.91 Å². The Hall–Kier alpha value is -3.00. The molecule has 11 nitrogen and oxygen atoms in total. The number of carbonyl (C=O) groups is 3. The van der Waals surface area contributed by atoms with Crippen molar-refractivity contribution in [1.29, 1.82) is 0 Å². The standard InChI is InChI=1S/C31H35Cl3N2O9/c1-17-14-20(34)29(45-17)19(33)12-9-11-18(32)10-7-5-3-2-4-6-8-13-22(37)25-26(40)21(15-24(35)39)36(30(25)43)31-28(42)27(41)23(38)16-44-31/h2-13,17,20-21,23,27-29,31,37-38,41-42H,14-16H2,1H3,(H2,35,39). The number of amides is 2. The Morgan fingerprint density at radius 1 is 0.978 bits per heavy atom. The van der Waals surface area contributed by atoms with Crippen LogP contribution in [-0.2, 0) is 23.9 Å². The third-order valence-electron chi connectivity index (χ3n) is 6.96. The number of alkyl halides is 1. The van der Waals surface area contributed by atoms with Crippen molar-refractivity contribution in [1.82, 2.24) is 4.90 Å². The minimum Gasteiger partial charge on any atom is -0.507 e. The summed E-state index contributed by atoms with van der Waals surface area (Å²) in [5.74, 6) is -3.54. The Balaban J connectivity index is 1.58. The van der Waals surface area contributed by atoms with Crippen molar-refractivity contribution in [3.63, 3.8) is 0 Å². The van der Waals surface area contributed by atoms with Gasteiger partial charge in [-0.1, -0.05) is 71.8 Å². The molecule has 0 saturated carbocycles. The summed E-state index contributed by atoms with van der Waals surface area (Å²) < 4.78 is 11.0. The zero-order valence-electron chi connectivity index (χ0n) is 24.2. The Morgan fingerprint density at radius 3 is 2.24 bits per heavy atom. The molecule has 244 valence electrons. The van der Waals surface area contributed by atoms with Gasteiger partial charge in [-0.25, -0.2) is 0 Å². The van der Waals surface area contributed by atoms with Crippen LogP contribution in [0.1, 0.15) is 19.8 Å². The van der Waals surface area contributed by atoms with Gasteiger partial charge in [0.05, 0.1) is 24.5 Å². The summed E-state index contributed by atoms with van der Waals surface area (Å²) >= 11 is 18.7. The molecule has 14 heteroatoms. The summed E-state index contributed by atoms with van der Waals surface area (Å²) in [4.78, 5) is 38.5. The van der Waals surface area contributed by atoms with Crippen LogP contribution in [0.5, 0.6) is 0 Å². The van der Waals surface area contributed by atoms with E-state index in [0.717, 1.165) is 17.4 Å². The second kappa shape index (κ2) is 17.1. The van der Waals surface area contributed by atoms with Gasteiger partial charge in [0.1, 0.15) is 41.8 Å². The fourth-order valence-electron chi connectivity index (χ4n) is 4.76. The predicted octanol–water partition coefficient (Wildman–Crippen LogP) is 2.70. The molecule has 0 bridgehead atoms. The number of hydrogen-bond acceptors (Lipinski definition) is 9. The lowest BCUT2D eigenvalue weighted by atomic mass is 10.0. The average Bonchev–Trinajstić information content (AvgIpc) is 3.44. The number of Topliss-reactive ketones (excluding diaryl/α,β-unsaturated/α-hetero) is 1. The molecule has 8 atom stereocenters. The number of aliphatic hydroxyl groups is 4. The van der Waals surface area contributed by atoms with Crippen LogP contribution in [0.3, 0.4) is 0 Å². The van der Waals surface area contributed by atoms with Crippen molar-refractivity contribution in [2.45, 2.75) is 67.9 Å². The highest BCUT2D eigenvalue weighted by Gasteiger charge is 2.53. The van der Waals surface area contributed by atoms with E-state index in [9.17, 15) is 34.8 Å². The molecule has 0 aliphatic carbocycles. The number of rotatable bonds is 11. The number of ether oxygens (including phenoxy) is 2. The molecule has 0 aromatic heterocycles. The number of hydrogen-bond donors (Lipinski definition) is 5. The highest BCUT2D eigenvalue weighted by atomic mass is 35.5. The number of carbonyl (C=O) groups excluding carboxylic acids is 3. The summed E-state index contributed by atoms with van der Waals surface area (Å²) in [6.45, 7) is 1.50. The van der Waals surface area contributed by atoms with Crippen LogP contribution >= 0.6 is 34.8 Å². The molecule has 3 aliphatic heterocycles. The number of ketones is 1. The normalized spacial score (nSPS) is 33.4. The fraction of sp³-hybridized carbons (Fsp3) is 0.387. The van der Waals surface area contributed by atoms with E-state index in [-0.39, 0.29) is 17.6 Å². The largest absolute Gasteiger partial charge is 0.507 e. The molecule has 3 heterocycles. The minimum absolute atomic E-state index is 0.0532. The fourth-order valence-corrected chi connectivity index (χ4v) is 5.70. The van der Waals surface area contributed by atoms with Crippen LogP contribution in [0.15, 0.2) is 94.3 Å². The number of nitrogens with two attached hydrogens (primary N) is 1. The monoisotopic (exact) mass is 684 g/mol. The minimum atomic E-state index is -1.79. The zero-order chi connectivity index (χ0) is 33.3. The maximum absolute atomic E-state index is 13.1. The zero-order valence-corrected chi connectivity index (χ0v) is 26.4. The average molecular weight is 686 g/mol. The van der Waals surface area contributed by atoms with Crippen molar-refractivity contribution >= 4 is 52.4 Å². The maximum atomic E-state index is 13.1. The van der Waals surface area contributed by atoms with Crippen molar-refractivity contribution < 1.29 is 44.3 Å². The Labute approximate surface area is 275 Å². The molecule has 3 saturated heterocycles. The molecule has 8 unspecified atom stereocenters. The predicted molar refractivity (Wildman–Crippen MR) is 169 cm³/mol. The maximum Gasteiger partial charge on any atom is 0.264 e. The van der Waals surface area contributed by atoms with E-state index < -0.39 is 72.5 Å². The molecule has 0 aromatic carbocycles. The topological polar surface area (TPSA) is 180 Å². The number of primary amides is 1. The van der Waals surface area contributed by atoms with Gasteiger partial charge in [0.15, 0.2) is 12.0 Å². The smallest absolute Gasteiger partial charge is 0.264 e. The molecule has 3 rings (SSSR count). The lowest BCUT2D eigenvalue weighted by Crippen LogP contribution is -2.61. The van der Waals surface area contributed by atoms with Gasteiger partial charge in [-0.3, -0.25) is 19.3 Å². The lowest BCUT2D eigenvalue weighted by Gasteiger charge is -2.41. The van der Waals surface area contributed by atoms with E-state index in [1.807, 2.05) is 6.92 Å². The first-order valence-electron chi connectivity index (χ1n) is 13.9. The second-order valence-electron chi connectivity index (χ2n) is 10.4. The molecule has 0 radical (unpaired) electrons. The van der Waals surface area contributed by atoms with E-state index in [1.165, 1.54) is 12.2 Å². The molecule has 2 amide bonds. The van der Waals surface area contributed by atoms with Gasteiger partial charge in [-0.2, -0.15) is 0 Å². The Kier molecular flexibility index (Phi) is 13.8. The molecule has 3 aliphatic rings. The third kappa shape index (κ3) is 9.74. The van der Waals surface area contributed by atoms with Crippen LogP contribution in [0.2, 0.25) is 0 Å². The van der Waals surface area contributed by atoms with Gasteiger partial charge in [-0.05, 0) is 37.6 Å². The van der Waals surface area contributed by atoms with E-state index in [1.54, 1.807) is 54.7 Å². The summed E-state index contributed by atoms with van der Waals surface area (Å²) in [5, 5.41) is 41.4. The van der Waals surface area contributed by atoms with Crippen molar-refractivity contribution in [3.8, 4) is 0 Å². The highest BCUT2D eigenvalue weighted by molar-refractivity contribution is 6.32. The molecule has 0 aromatic rings. The van der Waals surface area contributed by atoms with E-state index >= 15 is 0 Å². The summed E-state index contributed by atoms with van der Waals surface area (Å²) in [7, 11) is 0. The van der Waals surface area contributed by atoms with Crippen molar-refractivity contribution in [2.75, 3.05) is 6.61 Å². The van der Waals surface area contributed by atoms with Crippen LogP contribution in [0.25, 0.3) is 0 Å². The van der Waals surface area contributed by atoms with Crippen LogP contribution in [0, 0.1) is 0 Å². The Bertz CT molecular complexity index is 1370. The van der Waals surface area contributed by atoms with Crippen LogP contribution < -0.4 is 5.73 Å². The quantitative estimate of drug-likeness (QED) is 0.0719. The molecular formula is C31H35Cl3N2O9. The van der Waals surface area contributed by atoms with Gasteiger partial charge >= 0.3 is 0 Å². The first-order chi connectivity index (χ1) is 21.3. The van der Waals surface area contributed by atoms with Gasteiger partial charge in [0, 0.05) is 10.1 Å². The molecular weight excluding hydrogens is 651 g/mol. The van der Waals surface area contributed by atoms with Gasteiger partial charge in [0.2, 0.25) is 5.91 Å². The van der Waals surface area contributed by atoms with E-state index in [0.29, 0.717) is 10.1 Å². The molecule has 0 spiro atoms. The van der Waals surface area contributed by atoms with Crippen LogP contribution in [-0.4, -0.2) is 97.7 Å². The number of allylic oxidation sites excluding steroid dienone is 13. The summed E-state index contributed by atoms with van der Waals surface area (Å²) in [6.07, 6.45) is 12.5. The number of aliphatic hydroxyl groups excluding tert-OH is 4. The first-order valence-corrected chi connectivity index (χ1v) is 15.1. The van der Waals surface area contributed by atoms with Gasteiger partial charge in [-0.15, -0.1) is 11.6 Å². The number of likely N-dealkylation sites (tertiary alicyclic amines) is 1. The van der Waals surface area contributed by atoms with Crippen LogP contribution in [0.4, 0.5) is 0 Å². The van der Waals surface area contributed by atoms with E-state index in [4.69, 9.17) is 50.0 Å². The van der Waals surface area contributed by atoms with E-state index in [2.05, 4.69) is 0 Å². The molecule has 3 fully saturated rings. The number of halogens is 3. The highest BCUT2D eigenvalue weighted by Crippen LogP contribution is 2.32. The lowest BCUT2D eigenvalue weighted by molar-refractivity contribution is -0.229. The summed E-state index contributed by atoms with van der Waals surface area (Å²) in [5.41, 5.74) is 4.61. The number of nitrogens with zero attached hydrogens (tertiary/aromatic N) is 1. The molecule has 45 heavy (non-hydrogen) atoms. The van der Waals surface area contributed by atoms with Crippen molar-refractivity contribution in [3.05, 3.63) is 94.3 Å². The Morgan fingerprint density at radius 2 is 1.62 bits per heavy atom. The SMILES string of the molecule is CC1CC(Cl)C(C(Cl)=CC=CC(Cl)=CC=CC=CC=CC=CC(O)=C2C(=O)C(CC(N)=O)N(C3OCC(O)C(O)C3O)C2=O)O1. The van der Waals surface area contributed by atoms with Crippen molar-refractivity contribution in [2.24, 2.45) is 5.73 Å². The molecule has 6 N–H and O–H groups in total. The first kappa shape index (κ1) is 36.5. The second-order valence-corrected chi connectivity index (χ2v) is 11.8. The third-order valence-corrected chi connectivity index (χ3v) is 7.96. The summed E-state index contributed by atoms with van der Waals surface area (Å²) in [6, 6.07) is -1.48. The van der Waals surface area contributed by atoms with Gasteiger partial charge < -0.3 is 35.6 Å².